The van der Waals surface area contributed by atoms with Crippen molar-refractivity contribution in [3.05, 3.63) is 34.9 Å². The lowest BCUT2D eigenvalue weighted by Crippen LogP contribution is -2.50. The molecule has 1 aliphatic carbocycles. The lowest BCUT2D eigenvalue weighted by molar-refractivity contribution is -0.120. The van der Waals surface area contributed by atoms with Crippen molar-refractivity contribution < 1.29 is 19.4 Å². The van der Waals surface area contributed by atoms with Crippen LogP contribution >= 0.6 is 0 Å². The number of hydrogen-bond acceptors (Lipinski definition) is 6. The van der Waals surface area contributed by atoms with Gasteiger partial charge in [-0.3, -0.25) is 14.6 Å². The van der Waals surface area contributed by atoms with Crippen LogP contribution in [0.3, 0.4) is 0 Å². The van der Waals surface area contributed by atoms with Gasteiger partial charge in [-0.15, -0.1) is 0 Å². The highest BCUT2D eigenvalue weighted by Gasteiger charge is 2.27. The summed E-state index contributed by atoms with van der Waals surface area (Å²) in [6.45, 7) is 9.11. The van der Waals surface area contributed by atoms with Crippen LogP contribution in [0.25, 0.3) is 0 Å². The molecule has 0 aromatic heterocycles. The molecule has 31 heavy (non-hydrogen) atoms. The number of benzene rings is 1. The summed E-state index contributed by atoms with van der Waals surface area (Å²) < 4.78 is 11.5. The van der Waals surface area contributed by atoms with E-state index in [1.54, 1.807) is 7.11 Å². The maximum absolute atomic E-state index is 12.6. The molecule has 3 atom stereocenters. The number of ether oxygens (including phenoxy) is 2. The molecule has 0 amide bonds. The first-order valence-corrected chi connectivity index (χ1v) is 11.8. The zero-order chi connectivity index (χ0) is 22.2. The predicted octanol–water partition coefficient (Wildman–Crippen LogP) is 2.37. The molecule has 3 rings (SSSR count). The van der Waals surface area contributed by atoms with Crippen LogP contribution in [0.4, 0.5) is 0 Å². The summed E-state index contributed by atoms with van der Waals surface area (Å²) in [6.07, 6.45) is 4.71. The Morgan fingerprint density at radius 1 is 1.06 bits per heavy atom. The number of nitrogens with zero attached hydrogens (tertiary/aromatic N) is 2. The highest BCUT2D eigenvalue weighted by molar-refractivity contribution is 5.83. The topological polar surface area (TPSA) is 62.2 Å². The van der Waals surface area contributed by atoms with Crippen molar-refractivity contribution in [1.29, 1.82) is 0 Å². The Morgan fingerprint density at radius 2 is 1.68 bits per heavy atom. The smallest absolute Gasteiger partial charge is 0.151 e. The van der Waals surface area contributed by atoms with Crippen molar-refractivity contribution in [3.8, 4) is 0 Å². The predicted molar refractivity (Wildman–Crippen MR) is 123 cm³/mol. The molecule has 0 spiro atoms. The lowest BCUT2D eigenvalue weighted by Gasteiger charge is -2.36. The van der Waals surface area contributed by atoms with Gasteiger partial charge in [0.05, 0.1) is 31.5 Å². The van der Waals surface area contributed by atoms with Gasteiger partial charge in [0.25, 0.3) is 0 Å². The number of aryl methyl sites for hydroxylation is 2. The normalized spacial score (nSPS) is 24.3. The Labute approximate surface area is 187 Å². The average molecular weight is 433 g/mol. The molecular weight excluding hydrogens is 392 g/mol. The lowest BCUT2D eigenvalue weighted by atomic mass is 9.94. The Kier molecular flexibility index (Phi) is 9.48. The fraction of sp³-hybridized carbons (Fsp3) is 0.720. The van der Waals surface area contributed by atoms with Gasteiger partial charge in [0.1, 0.15) is 0 Å². The number of rotatable bonds is 10. The molecule has 1 heterocycles. The molecule has 1 aliphatic heterocycles. The second-order valence-electron chi connectivity index (χ2n) is 9.25. The van der Waals surface area contributed by atoms with Crippen molar-refractivity contribution in [3.63, 3.8) is 0 Å². The van der Waals surface area contributed by atoms with Gasteiger partial charge >= 0.3 is 0 Å². The maximum atomic E-state index is 12.6. The van der Waals surface area contributed by atoms with Gasteiger partial charge in [0.15, 0.2) is 5.78 Å². The number of Topliss-reactive ketones (excluding diaryl/α,β-unsaturated/α-hetero) is 1. The summed E-state index contributed by atoms with van der Waals surface area (Å²) in [5.41, 5.74) is 3.56. The third kappa shape index (κ3) is 7.36. The highest BCUT2D eigenvalue weighted by Crippen LogP contribution is 2.23. The zero-order valence-electron chi connectivity index (χ0n) is 19.5. The average Bonchev–Trinajstić information content (AvgIpc) is 2.76. The number of ketones is 1. The van der Waals surface area contributed by atoms with E-state index < -0.39 is 6.10 Å². The fourth-order valence-electron chi connectivity index (χ4n) is 4.87. The summed E-state index contributed by atoms with van der Waals surface area (Å²) in [4.78, 5) is 17.1. The SMILES string of the molecule is COC1CCCCC1OCC(O)CN1CCN(CC(=O)Cc2c(C)cccc2C)CC1. The number of aliphatic hydroxyl groups excluding tert-OH is 1. The van der Waals surface area contributed by atoms with Gasteiger partial charge in [-0.1, -0.05) is 31.0 Å². The Balaban J connectivity index is 1.35. The molecule has 6 nitrogen and oxygen atoms in total. The molecule has 1 N–H and O–H groups in total. The second kappa shape index (κ2) is 12.1. The summed E-state index contributed by atoms with van der Waals surface area (Å²) in [7, 11) is 1.75. The first-order chi connectivity index (χ1) is 15.0. The minimum Gasteiger partial charge on any atom is -0.389 e. The first kappa shape index (κ1) is 24.3. The zero-order valence-corrected chi connectivity index (χ0v) is 19.5. The van der Waals surface area contributed by atoms with E-state index in [1.807, 2.05) is 6.07 Å². The second-order valence-corrected chi connectivity index (χ2v) is 9.25. The summed E-state index contributed by atoms with van der Waals surface area (Å²) in [5.74, 6) is 0.277. The Bertz CT molecular complexity index is 683. The monoisotopic (exact) mass is 432 g/mol. The number of hydrogen-bond donors (Lipinski definition) is 1. The molecule has 1 saturated carbocycles. The molecule has 1 aromatic carbocycles. The van der Waals surface area contributed by atoms with E-state index in [4.69, 9.17) is 9.47 Å². The third-order valence-electron chi connectivity index (χ3n) is 6.80. The van der Waals surface area contributed by atoms with Gasteiger partial charge in [-0.2, -0.15) is 0 Å². The van der Waals surface area contributed by atoms with Gasteiger partial charge < -0.3 is 14.6 Å². The molecule has 3 unspecified atom stereocenters. The molecular formula is C25H40N2O4. The molecule has 1 aromatic rings. The standard InChI is InChI=1S/C25H40N2O4/c1-19-7-6-8-20(2)23(19)15-21(28)16-26-11-13-27(14-12-26)17-22(29)18-31-25-10-5-4-9-24(25)30-3/h6-8,22,24-25,29H,4-5,9-18H2,1-3H3. The van der Waals surface area contributed by atoms with Crippen molar-refractivity contribution >= 4 is 5.78 Å². The van der Waals surface area contributed by atoms with Crippen molar-refractivity contribution in [2.45, 2.75) is 64.3 Å². The van der Waals surface area contributed by atoms with Crippen LogP contribution in [-0.4, -0.2) is 92.0 Å². The van der Waals surface area contributed by atoms with E-state index in [1.165, 1.54) is 29.5 Å². The number of β-amino-alcohol motifs (C(OH)–C–C–N with tert-alkyl or cyclic N) is 1. The van der Waals surface area contributed by atoms with Gasteiger partial charge in [-0.25, -0.2) is 0 Å². The quantitative estimate of drug-likeness (QED) is 0.613. The van der Waals surface area contributed by atoms with Crippen LogP contribution < -0.4 is 0 Å². The van der Waals surface area contributed by atoms with Crippen LogP contribution in [0.1, 0.15) is 42.4 Å². The number of piperazine rings is 1. The maximum Gasteiger partial charge on any atom is 0.151 e. The highest BCUT2D eigenvalue weighted by atomic mass is 16.5. The fourth-order valence-corrected chi connectivity index (χ4v) is 4.87. The summed E-state index contributed by atoms with van der Waals surface area (Å²) >= 11 is 0. The molecule has 2 fully saturated rings. The van der Waals surface area contributed by atoms with E-state index in [2.05, 4.69) is 35.8 Å². The third-order valence-corrected chi connectivity index (χ3v) is 6.80. The minimum absolute atomic E-state index is 0.105. The van der Waals surface area contributed by atoms with Crippen LogP contribution in [-0.2, 0) is 20.7 Å². The van der Waals surface area contributed by atoms with E-state index in [0.29, 0.717) is 26.1 Å². The summed E-state index contributed by atoms with van der Waals surface area (Å²) in [6, 6.07) is 6.20. The number of carbonyl (C=O) groups is 1. The van der Waals surface area contributed by atoms with E-state index in [0.717, 1.165) is 39.0 Å². The van der Waals surface area contributed by atoms with Gasteiger partial charge in [0, 0.05) is 46.3 Å². The first-order valence-electron chi connectivity index (χ1n) is 11.8. The van der Waals surface area contributed by atoms with Crippen molar-refractivity contribution in [2.75, 3.05) is 53.0 Å². The van der Waals surface area contributed by atoms with Crippen molar-refractivity contribution in [2.24, 2.45) is 0 Å². The van der Waals surface area contributed by atoms with Crippen LogP contribution in [0, 0.1) is 13.8 Å². The molecule has 2 aliphatic rings. The van der Waals surface area contributed by atoms with Gasteiger partial charge in [-0.05, 0) is 43.4 Å². The molecule has 0 radical (unpaired) electrons. The molecule has 6 heteroatoms. The largest absolute Gasteiger partial charge is 0.389 e. The minimum atomic E-state index is -0.489. The Morgan fingerprint density at radius 3 is 2.32 bits per heavy atom. The van der Waals surface area contributed by atoms with Crippen LogP contribution in [0.5, 0.6) is 0 Å². The van der Waals surface area contributed by atoms with Gasteiger partial charge in [0.2, 0.25) is 0 Å². The number of aliphatic hydroxyl groups is 1. The number of methoxy groups -OCH3 is 1. The Hall–Kier alpha value is -1.31. The molecule has 0 bridgehead atoms. The summed E-state index contributed by atoms with van der Waals surface area (Å²) in [5, 5.41) is 10.4. The molecule has 1 saturated heterocycles. The molecule has 174 valence electrons. The number of carbonyl (C=O) groups excluding carboxylic acids is 1. The van der Waals surface area contributed by atoms with E-state index in [-0.39, 0.29) is 18.0 Å². The van der Waals surface area contributed by atoms with Crippen LogP contribution in [0.15, 0.2) is 18.2 Å². The van der Waals surface area contributed by atoms with E-state index >= 15 is 0 Å². The van der Waals surface area contributed by atoms with Crippen LogP contribution in [0.2, 0.25) is 0 Å². The van der Waals surface area contributed by atoms with E-state index in [9.17, 15) is 9.90 Å². The van der Waals surface area contributed by atoms with Crippen molar-refractivity contribution in [1.82, 2.24) is 9.80 Å².